The molecule has 0 aliphatic heterocycles. The third-order valence-electron chi connectivity index (χ3n) is 4.38. The Morgan fingerprint density at radius 2 is 1.96 bits per heavy atom. The minimum atomic E-state index is -4.48. The molecule has 0 heterocycles. The summed E-state index contributed by atoms with van der Waals surface area (Å²) in [6.45, 7) is 0.489. The molecule has 1 amide bonds. The van der Waals surface area contributed by atoms with Gasteiger partial charge < -0.3 is 14.8 Å². The van der Waals surface area contributed by atoms with Crippen molar-refractivity contribution in [3.63, 3.8) is 0 Å². The number of halogens is 3. The molecule has 1 saturated carbocycles. The Bertz CT molecular complexity index is 569. The van der Waals surface area contributed by atoms with Gasteiger partial charge in [0.2, 0.25) is 5.91 Å². The molecule has 0 bridgehead atoms. The minimum absolute atomic E-state index is 0.0438. The third kappa shape index (κ3) is 6.23. The Morgan fingerprint density at radius 1 is 1.24 bits per heavy atom. The highest BCUT2D eigenvalue weighted by molar-refractivity contribution is 5.92. The van der Waals surface area contributed by atoms with Gasteiger partial charge in [0.05, 0.1) is 17.9 Å². The molecule has 1 aromatic rings. The average molecular weight is 359 g/mol. The van der Waals surface area contributed by atoms with Gasteiger partial charge in [-0.15, -0.1) is 0 Å². The van der Waals surface area contributed by atoms with Gasteiger partial charge in [0, 0.05) is 13.5 Å². The summed E-state index contributed by atoms with van der Waals surface area (Å²) in [6.07, 6.45) is 1.23. The molecule has 2 rings (SSSR count). The number of nitrogens with one attached hydrogen (secondary N) is 1. The first-order valence-electron chi connectivity index (χ1n) is 8.53. The van der Waals surface area contributed by atoms with Crippen molar-refractivity contribution < 1.29 is 27.4 Å². The van der Waals surface area contributed by atoms with Crippen molar-refractivity contribution in [3.8, 4) is 5.75 Å². The number of alkyl halides is 3. The number of amides is 1. The average Bonchev–Trinajstić information content (AvgIpc) is 3.07. The summed E-state index contributed by atoms with van der Waals surface area (Å²) >= 11 is 0. The fourth-order valence-electron chi connectivity index (χ4n) is 3.01. The van der Waals surface area contributed by atoms with Crippen LogP contribution in [0.5, 0.6) is 5.75 Å². The number of anilines is 1. The van der Waals surface area contributed by atoms with Gasteiger partial charge in [0.25, 0.3) is 0 Å². The Hall–Kier alpha value is -1.76. The molecular weight excluding hydrogens is 335 g/mol. The molecule has 1 aliphatic carbocycles. The number of hydrogen-bond acceptors (Lipinski definition) is 3. The quantitative estimate of drug-likeness (QED) is 0.688. The highest BCUT2D eigenvalue weighted by Crippen LogP contribution is 2.35. The Balaban J connectivity index is 2.03. The molecule has 1 aliphatic rings. The highest BCUT2D eigenvalue weighted by Gasteiger charge is 2.31. The van der Waals surface area contributed by atoms with Crippen LogP contribution < -0.4 is 10.1 Å². The van der Waals surface area contributed by atoms with Crippen LogP contribution in [-0.2, 0) is 15.7 Å². The molecule has 0 spiro atoms. The van der Waals surface area contributed by atoms with E-state index in [2.05, 4.69) is 5.32 Å². The second kappa shape index (κ2) is 9.08. The number of hydrogen-bond donors (Lipinski definition) is 1. The smallest absolute Gasteiger partial charge is 0.416 e. The maximum atomic E-state index is 12.9. The van der Waals surface area contributed by atoms with Crippen LogP contribution in [0.4, 0.5) is 18.9 Å². The van der Waals surface area contributed by atoms with E-state index < -0.39 is 11.7 Å². The SMILES string of the molecule is COCCOc1ccc(C(F)(F)F)cc1NC(=O)CCC1CCCC1. The van der Waals surface area contributed by atoms with Crippen molar-refractivity contribution in [2.24, 2.45) is 5.92 Å². The van der Waals surface area contributed by atoms with Crippen LogP contribution in [0.2, 0.25) is 0 Å². The summed E-state index contributed by atoms with van der Waals surface area (Å²) in [7, 11) is 1.50. The van der Waals surface area contributed by atoms with Gasteiger partial charge in [-0.05, 0) is 30.5 Å². The zero-order chi connectivity index (χ0) is 18.3. The van der Waals surface area contributed by atoms with Crippen LogP contribution >= 0.6 is 0 Å². The molecule has 4 nitrogen and oxygen atoms in total. The molecule has 0 atom stereocenters. The lowest BCUT2D eigenvalue weighted by atomic mass is 10.0. The van der Waals surface area contributed by atoms with Crippen molar-refractivity contribution in [1.29, 1.82) is 0 Å². The van der Waals surface area contributed by atoms with Crippen molar-refractivity contribution in [1.82, 2.24) is 0 Å². The Labute approximate surface area is 145 Å². The monoisotopic (exact) mass is 359 g/mol. The number of methoxy groups -OCH3 is 1. The second-order valence-electron chi connectivity index (χ2n) is 6.29. The predicted molar refractivity (Wildman–Crippen MR) is 88.6 cm³/mol. The topological polar surface area (TPSA) is 47.6 Å². The molecule has 25 heavy (non-hydrogen) atoms. The van der Waals surface area contributed by atoms with Gasteiger partial charge in [-0.25, -0.2) is 0 Å². The lowest BCUT2D eigenvalue weighted by Gasteiger charge is -2.16. The van der Waals surface area contributed by atoms with E-state index in [-0.39, 0.29) is 24.0 Å². The van der Waals surface area contributed by atoms with Crippen molar-refractivity contribution >= 4 is 11.6 Å². The summed E-state index contributed by atoms with van der Waals surface area (Å²) in [5.74, 6) is 0.465. The first kappa shape index (κ1) is 19.6. The minimum Gasteiger partial charge on any atom is -0.489 e. The largest absolute Gasteiger partial charge is 0.489 e. The molecule has 1 N–H and O–H groups in total. The standard InChI is InChI=1S/C18H24F3NO3/c1-24-10-11-25-16-8-7-14(18(19,20)21)12-15(16)22-17(23)9-6-13-4-2-3-5-13/h7-8,12-13H,2-6,9-11H2,1H3,(H,22,23). The maximum Gasteiger partial charge on any atom is 0.416 e. The second-order valence-corrected chi connectivity index (χ2v) is 6.29. The van der Waals surface area contributed by atoms with Crippen LogP contribution in [0.15, 0.2) is 18.2 Å². The zero-order valence-electron chi connectivity index (χ0n) is 14.3. The van der Waals surface area contributed by atoms with E-state index in [0.29, 0.717) is 18.9 Å². The molecule has 0 saturated heterocycles. The van der Waals surface area contributed by atoms with Crippen molar-refractivity contribution in [2.45, 2.75) is 44.7 Å². The number of ether oxygens (including phenoxy) is 2. The van der Waals surface area contributed by atoms with Crippen molar-refractivity contribution in [2.75, 3.05) is 25.6 Å². The summed E-state index contributed by atoms with van der Waals surface area (Å²) < 4.78 is 49.1. The molecule has 140 valence electrons. The third-order valence-corrected chi connectivity index (χ3v) is 4.38. The van der Waals surface area contributed by atoms with Crippen LogP contribution in [-0.4, -0.2) is 26.2 Å². The summed E-state index contributed by atoms with van der Waals surface area (Å²) in [4.78, 5) is 12.1. The fourth-order valence-corrected chi connectivity index (χ4v) is 3.01. The first-order valence-corrected chi connectivity index (χ1v) is 8.53. The molecule has 1 fully saturated rings. The Kier molecular flexibility index (Phi) is 7.11. The lowest BCUT2D eigenvalue weighted by Crippen LogP contribution is -2.15. The lowest BCUT2D eigenvalue weighted by molar-refractivity contribution is -0.137. The number of carbonyl (C=O) groups excluding carboxylic acids is 1. The summed E-state index contributed by atoms with van der Waals surface area (Å²) in [5.41, 5.74) is -0.778. The van der Waals surface area contributed by atoms with E-state index in [4.69, 9.17) is 9.47 Å². The van der Waals surface area contributed by atoms with E-state index in [1.54, 1.807) is 0 Å². The van der Waals surface area contributed by atoms with Gasteiger partial charge in [-0.1, -0.05) is 25.7 Å². The van der Waals surface area contributed by atoms with E-state index in [9.17, 15) is 18.0 Å². The van der Waals surface area contributed by atoms with Gasteiger partial charge in [0.15, 0.2) is 0 Å². The van der Waals surface area contributed by atoms with E-state index in [1.807, 2.05) is 0 Å². The fraction of sp³-hybridized carbons (Fsp3) is 0.611. The number of carbonyl (C=O) groups is 1. The van der Waals surface area contributed by atoms with Gasteiger partial charge >= 0.3 is 6.18 Å². The van der Waals surface area contributed by atoms with Crippen LogP contribution in [0, 0.1) is 5.92 Å². The predicted octanol–water partition coefficient (Wildman–Crippen LogP) is 4.64. The van der Waals surface area contributed by atoms with Crippen LogP contribution in [0.3, 0.4) is 0 Å². The summed E-state index contributed by atoms with van der Waals surface area (Å²) in [6, 6.07) is 3.08. The van der Waals surface area contributed by atoms with Gasteiger partial charge in [-0.3, -0.25) is 4.79 Å². The molecular formula is C18H24F3NO3. The van der Waals surface area contributed by atoms with E-state index in [0.717, 1.165) is 31.4 Å². The van der Waals surface area contributed by atoms with Crippen LogP contribution in [0.1, 0.15) is 44.1 Å². The van der Waals surface area contributed by atoms with E-state index >= 15 is 0 Å². The molecule has 7 heteroatoms. The van der Waals surface area contributed by atoms with Gasteiger partial charge in [-0.2, -0.15) is 13.2 Å². The van der Waals surface area contributed by atoms with Crippen LogP contribution in [0.25, 0.3) is 0 Å². The van der Waals surface area contributed by atoms with E-state index in [1.165, 1.54) is 26.0 Å². The molecule has 0 radical (unpaired) electrons. The highest BCUT2D eigenvalue weighted by atomic mass is 19.4. The normalized spacial score (nSPS) is 15.4. The number of benzene rings is 1. The maximum absolute atomic E-state index is 12.9. The molecule has 0 aromatic heterocycles. The van der Waals surface area contributed by atoms with Gasteiger partial charge in [0.1, 0.15) is 12.4 Å². The molecule has 1 aromatic carbocycles. The number of rotatable bonds is 8. The Morgan fingerprint density at radius 3 is 2.60 bits per heavy atom. The summed E-state index contributed by atoms with van der Waals surface area (Å²) in [5, 5.41) is 2.57. The van der Waals surface area contributed by atoms with Crippen molar-refractivity contribution in [3.05, 3.63) is 23.8 Å². The first-order chi connectivity index (χ1) is 11.9. The zero-order valence-corrected chi connectivity index (χ0v) is 14.3. The molecule has 0 unspecified atom stereocenters.